The maximum Gasteiger partial charge on any atom is 0.261 e. The van der Waals surface area contributed by atoms with Gasteiger partial charge in [0.1, 0.15) is 11.6 Å². The van der Waals surface area contributed by atoms with E-state index in [1.807, 2.05) is 13.8 Å². The normalized spacial score (nSPS) is 17.1. The molecule has 1 fully saturated rings. The smallest absolute Gasteiger partial charge is 0.261 e. The van der Waals surface area contributed by atoms with Gasteiger partial charge in [-0.2, -0.15) is 0 Å². The van der Waals surface area contributed by atoms with Crippen molar-refractivity contribution in [3.05, 3.63) is 79.3 Å². The minimum atomic E-state index is -0.538. The molecule has 6 nitrogen and oxygen atoms in total. The molecule has 2 aromatic rings. The Morgan fingerprint density at radius 2 is 1.07 bits per heavy atom. The predicted molar refractivity (Wildman–Crippen MR) is 157 cm³/mol. The zero-order valence-electron chi connectivity index (χ0n) is 22.6. The van der Waals surface area contributed by atoms with Crippen molar-refractivity contribution in [3.8, 4) is 0 Å². The summed E-state index contributed by atoms with van der Waals surface area (Å²) < 4.78 is 41.3. The molecule has 3 aliphatic heterocycles. The van der Waals surface area contributed by atoms with E-state index in [0.29, 0.717) is 34.9 Å². The van der Waals surface area contributed by atoms with Crippen molar-refractivity contribution < 1.29 is 27.8 Å². The van der Waals surface area contributed by atoms with Gasteiger partial charge in [0, 0.05) is 33.2 Å². The van der Waals surface area contributed by atoms with E-state index in [1.54, 1.807) is 24.3 Å². The molecule has 0 atom stereocenters. The van der Waals surface area contributed by atoms with E-state index >= 15 is 8.78 Å². The number of nitrogens with zero attached hydrogens (tertiary/aromatic N) is 2. The van der Waals surface area contributed by atoms with Gasteiger partial charge in [-0.15, -0.1) is 0 Å². The van der Waals surface area contributed by atoms with E-state index < -0.39 is 23.4 Å². The molecule has 5 rings (SSSR count). The van der Waals surface area contributed by atoms with Crippen molar-refractivity contribution in [3.63, 3.8) is 0 Å². The number of rotatable bonds is 8. The summed E-state index contributed by atoms with van der Waals surface area (Å²) in [5.74, 6) is -1.87. The summed E-state index contributed by atoms with van der Waals surface area (Å²) >= 11 is 6.53. The lowest BCUT2D eigenvalue weighted by molar-refractivity contribution is -0.124. The first-order chi connectivity index (χ1) is 19.3. The third-order valence-electron chi connectivity index (χ3n) is 6.77. The molecule has 40 heavy (non-hydrogen) atoms. The average molecular weight is 682 g/mol. The lowest BCUT2D eigenvalue weighted by Gasteiger charge is -2.25. The Morgan fingerprint density at radius 3 is 1.38 bits per heavy atom. The van der Waals surface area contributed by atoms with Gasteiger partial charge in [0.25, 0.3) is 11.8 Å². The van der Waals surface area contributed by atoms with Crippen LogP contribution in [0.5, 0.6) is 0 Å². The van der Waals surface area contributed by atoms with Crippen LogP contribution >= 0.6 is 31.9 Å². The highest BCUT2D eigenvalue weighted by Crippen LogP contribution is 2.47. The number of amides is 2. The molecule has 3 heterocycles. The van der Waals surface area contributed by atoms with Crippen LogP contribution in [0.2, 0.25) is 0 Å². The number of hydrogen-bond acceptors (Lipinski definition) is 4. The lowest BCUT2D eigenvalue weighted by Crippen LogP contribution is -2.31. The van der Waals surface area contributed by atoms with E-state index in [1.165, 1.54) is 21.9 Å². The van der Waals surface area contributed by atoms with E-state index in [4.69, 9.17) is 9.47 Å². The molecule has 2 aromatic carbocycles. The van der Waals surface area contributed by atoms with Crippen LogP contribution in [0, 0.1) is 11.6 Å². The molecule has 0 spiro atoms. The summed E-state index contributed by atoms with van der Waals surface area (Å²) in [6, 6.07) is 9.13. The number of carbonyl (C=O) groups excluding carboxylic acids is 2. The molecule has 1 saturated heterocycles. The fourth-order valence-corrected chi connectivity index (χ4v) is 5.48. The van der Waals surface area contributed by atoms with Gasteiger partial charge in [-0.3, -0.25) is 9.59 Å². The van der Waals surface area contributed by atoms with Crippen molar-refractivity contribution in [2.75, 3.05) is 39.5 Å². The van der Waals surface area contributed by atoms with Crippen LogP contribution in [0.1, 0.15) is 50.7 Å². The summed E-state index contributed by atoms with van der Waals surface area (Å²) in [5, 5.41) is 0. The van der Waals surface area contributed by atoms with Gasteiger partial charge in [0.2, 0.25) is 0 Å². The van der Waals surface area contributed by atoms with E-state index in [0.717, 1.165) is 39.3 Å². The molecule has 0 aromatic heterocycles. The van der Waals surface area contributed by atoms with Gasteiger partial charge in [0.05, 0.1) is 49.0 Å². The number of halogens is 4. The second-order valence-corrected chi connectivity index (χ2v) is 11.4. The molecule has 0 unspecified atom stereocenters. The third-order valence-corrected chi connectivity index (χ3v) is 7.76. The summed E-state index contributed by atoms with van der Waals surface area (Å²) in [7, 11) is 0. The Hall–Kier alpha value is -2.40. The fraction of sp³-hybridized carbons (Fsp3) is 0.400. The maximum atomic E-state index is 15.1. The SMILES string of the molecule is C1COCCO1.CCCCN1C(=O)C2=C(c3ccc(Br)cc3F)N(CCCC)C(=O)C2=C1c1ccc(Br)cc1F. The highest BCUT2D eigenvalue weighted by Gasteiger charge is 2.49. The molecule has 10 heteroatoms. The Labute approximate surface area is 250 Å². The second kappa shape index (κ2) is 14.0. The number of hydrogen-bond donors (Lipinski definition) is 0. The molecular weight excluding hydrogens is 650 g/mol. The standard InChI is InChI=1S/C26H24Br2F2N2O2.C4H8O2/c1-3-5-11-31-23(17-9-7-15(27)13-19(17)29)21-22(25(31)33)24(32(26(21)34)12-6-4-2)18-10-8-16(28)14-20(18)30;1-2-6-4-3-5-1/h7-10,13-14H,3-6,11-12H2,1-2H3;1-4H2. The number of unbranched alkanes of at least 4 members (excludes halogenated alkanes) is 2. The highest BCUT2D eigenvalue weighted by atomic mass is 79.9. The Kier molecular flexibility index (Phi) is 10.7. The molecule has 0 N–H and O–H groups in total. The first-order valence-electron chi connectivity index (χ1n) is 13.5. The van der Waals surface area contributed by atoms with Gasteiger partial charge in [-0.05, 0) is 49.2 Å². The zero-order chi connectivity index (χ0) is 28.8. The fourth-order valence-electron chi connectivity index (χ4n) is 4.82. The topological polar surface area (TPSA) is 59.1 Å². The van der Waals surface area contributed by atoms with Gasteiger partial charge in [0.15, 0.2) is 0 Å². The maximum absolute atomic E-state index is 15.1. The van der Waals surface area contributed by atoms with E-state index in [-0.39, 0.29) is 33.7 Å². The summed E-state index contributed by atoms with van der Waals surface area (Å²) in [6.07, 6.45) is 3.01. The number of benzene rings is 2. The molecule has 2 amide bonds. The van der Waals surface area contributed by atoms with E-state index in [9.17, 15) is 9.59 Å². The molecule has 3 aliphatic rings. The zero-order valence-corrected chi connectivity index (χ0v) is 25.7. The third kappa shape index (κ3) is 6.40. The van der Waals surface area contributed by atoms with Crippen molar-refractivity contribution >= 4 is 55.1 Å². The number of ether oxygens (including phenoxy) is 2. The number of carbonyl (C=O) groups is 2. The average Bonchev–Trinajstić information content (AvgIpc) is 3.38. The van der Waals surface area contributed by atoms with Crippen LogP contribution < -0.4 is 0 Å². The first kappa shape index (κ1) is 30.6. The van der Waals surface area contributed by atoms with Gasteiger partial charge in [-0.1, -0.05) is 58.5 Å². The number of fused-ring (bicyclic) bond motifs is 1. The Morgan fingerprint density at radius 1 is 0.700 bits per heavy atom. The molecule has 214 valence electrons. The van der Waals surface area contributed by atoms with Gasteiger partial charge in [-0.25, -0.2) is 8.78 Å². The second-order valence-electron chi connectivity index (χ2n) is 9.54. The molecule has 0 aliphatic carbocycles. The summed E-state index contributed by atoms with van der Waals surface area (Å²) in [5.41, 5.74) is 1.18. The quantitative estimate of drug-likeness (QED) is 0.303. The molecule has 0 saturated carbocycles. The summed E-state index contributed by atoms with van der Waals surface area (Å²) in [4.78, 5) is 30.5. The minimum absolute atomic E-state index is 0.149. The predicted octanol–water partition coefficient (Wildman–Crippen LogP) is 6.93. The molecular formula is C30H32Br2F2N2O4. The largest absolute Gasteiger partial charge is 0.377 e. The molecule has 0 bridgehead atoms. The Balaban J connectivity index is 0.000000546. The van der Waals surface area contributed by atoms with Crippen molar-refractivity contribution in [2.45, 2.75) is 39.5 Å². The van der Waals surface area contributed by atoms with Crippen molar-refractivity contribution in [2.24, 2.45) is 0 Å². The van der Waals surface area contributed by atoms with Gasteiger partial charge < -0.3 is 19.3 Å². The Bertz CT molecular complexity index is 1230. The van der Waals surface area contributed by atoms with Crippen molar-refractivity contribution in [1.82, 2.24) is 9.80 Å². The van der Waals surface area contributed by atoms with Crippen molar-refractivity contribution in [1.29, 1.82) is 0 Å². The van der Waals surface area contributed by atoms with Crippen LogP contribution in [-0.2, 0) is 19.1 Å². The highest BCUT2D eigenvalue weighted by molar-refractivity contribution is 9.10. The van der Waals surface area contributed by atoms with Crippen LogP contribution in [0.15, 0.2) is 56.5 Å². The van der Waals surface area contributed by atoms with Crippen LogP contribution in [0.25, 0.3) is 11.4 Å². The van der Waals surface area contributed by atoms with Crippen LogP contribution in [0.3, 0.4) is 0 Å². The van der Waals surface area contributed by atoms with Gasteiger partial charge >= 0.3 is 0 Å². The minimum Gasteiger partial charge on any atom is -0.377 e. The van der Waals surface area contributed by atoms with Crippen LogP contribution in [0.4, 0.5) is 8.78 Å². The summed E-state index contributed by atoms with van der Waals surface area (Å²) in [6.45, 7) is 7.78. The van der Waals surface area contributed by atoms with E-state index in [2.05, 4.69) is 31.9 Å². The lowest BCUT2D eigenvalue weighted by atomic mass is 10.0. The van der Waals surface area contributed by atoms with Crippen LogP contribution in [-0.4, -0.2) is 61.1 Å². The monoisotopic (exact) mass is 680 g/mol. The molecule has 0 radical (unpaired) electrons. The first-order valence-corrected chi connectivity index (χ1v) is 15.1.